The molecule has 0 amide bonds. The molecule has 0 fully saturated rings. The van der Waals surface area contributed by atoms with Crippen LogP contribution in [0.15, 0.2) is 36.4 Å². The van der Waals surface area contributed by atoms with E-state index in [1.165, 1.54) is 0 Å². The standard InChI is InChI=1S/C13H8Cl3NOS/c14-8-5-10(15)12(11(16)6-8)18-9-3-1-7(2-4-9)13(17)19/h1-6H,(H2,17,19). The largest absolute Gasteiger partial charge is 0.454 e. The number of hydrogen-bond donors (Lipinski definition) is 1. The highest BCUT2D eigenvalue weighted by molar-refractivity contribution is 7.80. The zero-order chi connectivity index (χ0) is 14.0. The SMILES string of the molecule is NC(=S)c1ccc(Oc2c(Cl)cc(Cl)cc2Cl)cc1. The molecule has 2 aromatic carbocycles. The van der Waals surface area contributed by atoms with Gasteiger partial charge in [-0.1, -0.05) is 47.0 Å². The number of ether oxygens (including phenoxy) is 1. The topological polar surface area (TPSA) is 35.2 Å². The minimum atomic E-state index is 0.328. The molecule has 0 unspecified atom stereocenters. The third-order valence-electron chi connectivity index (χ3n) is 2.32. The lowest BCUT2D eigenvalue weighted by atomic mass is 10.2. The van der Waals surface area contributed by atoms with Crippen molar-refractivity contribution in [3.05, 3.63) is 57.0 Å². The first-order valence-electron chi connectivity index (χ1n) is 5.19. The van der Waals surface area contributed by atoms with E-state index in [2.05, 4.69) is 0 Å². The van der Waals surface area contributed by atoms with Gasteiger partial charge in [-0.3, -0.25) is 0 Å². The van der Waals surface area contributed by atoms with Crippen LogP contribution in [0.2, 0.25) is 15.1 Å². The summed E-state index contributed by atoms with van der Waals surface area (Å²) in [5.41, 5.74) is 6.27. The molecular formula is C13H8Cl3NOS. The molecule has 0 aliphatic carbocycles. The van der Waals surface area contributed by atoms with Crippen LogP contribution in [0.5, 0.6) is 11.5 Å². The molecule has 0 aromatic heterocycles. The van der Waals surface area contributed by atoms with E-state index >= 15 is 0 Å². The van der Waals surface area contributed by atoms with Gasteiger partial charge in [0, 0.05) is 10.6 Å². The van der Waals surface area contributed by atoms with Gasteiger partial charge in [-0.25, -0.2) is 0 Å². The molecule has 6 heteroatoms. The lowest BCUT2D eigenvalue weighted by Gasteiger charge is -2.10. The number of thiocarbonyl (C=S) groups is 1. The summed E-state index contributed by atoms with van der Waals surface area (Å²) in [6.07, 6.45) is 0. The molecule has 2 nitrogen and oxygen atoms in total. The molecule has 0 heterocycles. The van der Waals surface area contributed by atoms with Gasteiger partial charge in [-0.15, -0.1) is 0 Å². The Balaban J connectivity index is 2.29. The molecule has 0 bridgehead atoms. The lowest BCUT2D eigenvalue weighted by molar-refractivity contribution is 0.483. The maximum absolute atomic E-state index is 6.03. The van der Waals surface area contributed by atoms with Crippen molar-refractivity contribution in [3.8, 4) is 11.5 Å². The average Bonchev–Trinajstić information content (AvgIpc) is 2.34. The minimum Gasteiger partial charge on any atom is -0.454 e. The predicted octanol–water partition coefficient (Wildman–Crippen LogP) is 5.07. The van der Waals surface area contributed by atoms with Crippen LogP contribution in [0.3, 0.4) is 0 Å². The summed E-state index contributed by atoms with van der Waals surface area (Å²) >= 11 is 22.8. The maximum atomic E-state index is 6.03. The monoisotopic (exact) mass is 331 g/mol. The normalized spacial score (nSPS) is 10.3. The Bertz CT molecular complexity index is 605. The van der Waals surface area contributed by atoms with E-state index in [9.17, 15) is 0 Å². The predicted molar refractivity (Wildman–Crippen MR) is 83.9 cm³/mol. The van der Waals surface area contributed by atoms with Crippen LogP contribution in [0.4, 0.5) is 0 Å². The van der Waals surface area contributed by atoms with Gasteiger partial charge in [0.05, 0.1) is 10.0 Å². The number of rotatable bonds is 3. The van der Waals surface area contributed by atoms with Crippen LogP contribution in [0.25, 0.3) is 0 Å². The van der Waals surface area contributed by atoms with Crippen LogP contribution in [0, 0.1) is 0 Å². The van der Waals surface area contributed by atoms with Gasteiger partial charge in [-0.05, 0) is 36.4 Å². The summed E-state index contributed by atoms with van der Waals surface area (Å²) < 4.78 is 5.62. The highest BCUT2D eigenvalue weighted by atomic mass is 35.5. The maximum Gasteiger partial charge on any atom is 0.164 e. The van der Waals surface area contributed by atoms with Gasteiger partial charge in [-0.2, -0.15) is 0 Å². The first kappa shape index (κ1) is 14.4. The van der Waals surface area contributed by atoms with E-state index in [1.54, 1.807) is 36.4 Å². The molecule has 0 radical (unpaired) electrons. The van der Waals surface area contributed by atoms with Crippen molar-refractivity contribution >= 4 is 52.0 Å². The van der Waals surface area contributed by atoms with E-state index in [-0.39, 0.29) is 0 Å². The number of hydrogen-bond acceptors (Lipinski definition) is 2. The Labute approximate surface area is 131 Å². The van der Waals surface area contributed by atoms with E-state index in [0.717, 1.165) is 5.56 Å². The highest BCUT2D eigenvalue weighted by Crippen LogP contribution is 2.38. The summed E-state index contributed by atoms with van der Waals surface area (Å²) in [5, 5.41) is 1.14. The Morgan fingerprint density at radius 1 is 1.00 bits per heavy atom. The van der Waals surface area contributed by atoms with Gasteiger partial charge in [0.25, 0.3) is 0 Å². The van der Waals surface area contributed by atoms with E-state index in [4.69, 9.17) is 57.5 Å². The van der Waals surface area contributed by atoms with Gasteiger partial charge in [0.2, 0.25) is 0 Å². The molecule has 0 spiro atoms. The Hall–Kier alpha value is -1.00. The van der Waals surface area contributed by atoms with Gasteiger partial charge in [0.15, 0.2) is 5.75 Å². The highest BCUT2D eigenvalue weighted by Gasteiger charge is 2.10. The van der Waals surface area contributed by atoms with Gasteiger partial charge < -0.3 is 10.5 Å². The Kier molecular flexibility index (Phi) is 4.53. The number of benzene rings is 2. The van der Waals surface area contributed by atoms with Gasteiger partial charge >= 0.3 is 0 Å². The minimum absolute atomic E-state index is 0.328. The van der Waals surface area contributed by atoms with Crippen molar-refractivity contribution < 1.29 is 4.74 Å². The summed E-state index contributed by atoms with van der Waals surface area (Å²) in [4.78, 5) is 0.328. The van der Waals surface area contributed by atoms with Crippen molar-refractivity contribution in [2.75, 3.05) is 0 Å². The summed E-state index contributed by atoms with van der Waals surface area (Å²) in [5.74, 6) is 0.932. The smallest absolute Gasteiger partial charge is 0.164 e. The molecule has 2 N–H and O–H groups in total. The number of nitrogens with two attached hydrogens (primary N) is 1. The molecule has 2 aromatic rings. The molecule has 0 saturated carbocycles. The Morgan fingerprint density at radius 3 is 2.00 bits per heavy atom. The summed E-state index contributed by atoms with van der Waals surface area (Å²) in [6.45, 7) is 0. The van der Waals surface area contributed by atoms with Crippen LogP contribution < -0.4 is 10.5 Å². The van der Waals surface area contributed by atoms with Crippen LogP contribution >= 0.6 is 47.0 Å². The van der Waals surface area contributed by atoms with Crippen molar-refractivity contribution in [1.29, 1.82) is 0 Å². The fourth-order valence-electron chi connectivity index (χ4n) is 1.43. The second-order valence-corrected chi connectivity index (χ2v) is 5.38. The molecule has 0 aliphatic rings. The van der Waals surface area contributed by atoms with E-state index < -0.39 is 0 Å². The average molecular weight is 333 g/mol. The molecule has 0 aliphatic heterocycles. The summed E-state index contributed by atoms with van der Waals surface area (Å²) in [7, 11) is 0. The first-order chi connectivity index (χ1) is 8.97. The van der Waals surface area contributed by atoms with Crippen molar-refractivity contribution in [3.63, 3.8) is 0 Å². The molecule has 0 atom stereocenters. The second-order valence-electron chi connectivity index (χ2n) is 3.69. The quantitative estimate of drug-likeness (QED) is 0.797. The zero-order valence-electron chi connectivity index (χ0n) is 9.49. The molecule has 98 valence electrons. The molecule has 19 heavy (non-hydrogen) atoms. The van der Waals surface area contributed by atoms with Crippen LogP contribution in [-0.2, 0) is 0 Å². The number of halogens is 3. The fourth-order valence-corrected chi connectivity index (χ4v) is 2.46. The van der Waals surface area contributed by atoms with Crippen LogP contribution in [-0.4, -0.2) is 4.99 Å². The summed E-state index contributed by atoms with van der Waals surface area (Å²) in [6, 6.07) is 10.1. The third kappa shape index (κ3) is 3.51. The second kappa shape index (κ2) is 5.97. The Morgan fingerprint density at radius 2 is 1.53 bits per heavy atom. The molecular weight excluding hydrogens is 325 g/mol. The van der Waals surface area contributed by atoms with E-state index in [0.29, 0.717) is 31.6 Å². The fraction of sp³-hybridized carbons (Fsp3) is 0. The van der Waals surface area contributed by atoms with E-state index in [1.807, 2.05) is 0 Å². The third-order valence-corrected chi connectivity index (χ3v) is 3.34. The zero-order valence-corrected chi connectivity index (χ0v) is 12.6. The lowest BCUT2D eigenvalue weighted by Crippen LogP contribution is -2.08. The van der Waals surface area contributed by atoms with Crippen LogP contribution in [0.1, 0.15) is 5.56 Å². The van der Waals surface area contributed by atoms with Crippen molar-refractivity contribution in [1.82, 2.24) is 0 Å². The molecule has 0 saturated heterocycles. The first-order valence-corrected chi connectivity index (χ1v) is 6.74. The van der Waals surface area contributed by atoms with Gasteiger partial charge in [0.1, 0.15) is 10.7 Å². The van der Waals surface area contributed by atoms with Crippen molar-refractivity contribution in [2.45, 2.75) is 0 Å². The molecule has 2 rings (SSSR count). The van der Waals surface area contributed by atoms with Crippen molar-refractivity contribution in [2.24, 2.45) is 5.73 Å².